The van der Waals surface area contributed by atoms with Crippen LogP contribution in [0.3, 0.4) is 0 Å². The van der Waals surface area contributed by atoms with Gasteiger partial charge in [0.1, 0.15) is 6.33 Å². The number of hydrogen-bond donors (Lipinski definition) is 1. The maximum Gasteiger partial charge on any atom is 0.288 e. The van der Waals surface area contributed by atoms with Gasteiger partial charge >= 0.3 is 0 Å². The summed E-state index contributed by atoms with van der Waals surface area (Å²) < 4.78 is 26.2. The Labute approximate surface area is 134 Å². The maximum atomic E-state index is 12.2. The predicted octanol–water partition coefficient (Wildman–Crippen LogP) is 3.25. The number of amides is 1. The smallest absolute Gasteiger partial charge is 0.288 e. The van der Waals surface area contributed by atoms with Crippen LogP contribution in [0, 0.1) is 0 Å². The van der Waals surface area contributed by atoms with Crippen LogP contribution in [0.25, 0.3) is 0 Å². The third-order valence-corrected chi connectivity index (χ3v) is 4.54. The van der Waals surface area contributed by atoms with Crippen LogP contribution in [0.1, 0.15) is 6.92 Å². The van der Waals surface area contributed by atoms with Crippen molar-refractivity contribution in [3.05, 3.63) is 30.6 Å². The van der Waals surface area contributed by atoms with Gasteiger partial charge in [-0.25, -0.2) is 0 Å². The first kappa shape index (κ1) is 16.8. The number of rotatable bonds is 6. The van der Waals surface area contributed by atoms with Gasteiger partial charge in [-0.2, -0.15) is 8.78 Å². The molecule has 9 heteroatoms. The number of halogens is 2. The monoisotopic (exact) mass is 344 g/mol. The second-order valence-electron chi connectivity index (χ2n) is 4.38. The van der Waals surface area contributed by atoms with Crippen molar-refractivity contribution >= 4 is 35.1 Å². The van der Waals surface area contributed by atoms with Crippen molar-refractivity contribution in [2.24, 2.45) is 7.05 Å². The molecule has 0 aliphatic rings. The Balaban J connectivity index is 1.92. The van der Waals surface area contributed by atoms with Crippen LogP contribution in [0.15, 0.2) is 40.6 Å². The molecule has 0 fully saturated rings. The van der Waals surface area contributed by atoms with Gasteiger partial charge in [-0.15, -0.1) is 10.2 Å². The number of alkyl halides is 2. The highest BCUT2D eigenvalue weighted by atomic mass is 32.2. The van der Waals surface area contributed by atoms with E-state index in [-0.39, 0.29) is 11.2 Å². The van der Waals surface area contributed by atoms with Gasteiger partial charge in [0.05, 0.1) is 5.25 Å². The number of aromatic nitrogens is 3. The molecule has 2 aromatic rings. The minimum Gasteiger partial charge on any atom is -0.325 e. The first-order valence-corrected chi connectivity index (χ1v) is 8.08. The van der Waals surface area contributed by atoms with Crippen LogP contribution in [0.5, 0.6) is 0 Å². The summed E-state index contributed by atoms with van der Waals surface area (Å²) in [4.78, 5) is 12.6. The number of carbonyl (C=O) groups is 1. The zero-order chi connectivity index (χ0) is 16.1. The summed E-state index contributed by atoms with van der Waals surface area (Å²) in [6.07, 6.45) is 1.56. The van der Waals surface area contributed by atoms with E-state index in [1.807, 2.05) is 0 Å². The van der Waals surface area contributed by atoms with E-state index in [1.165, 1.54) is 11.8 Å². The van der Waals surface area contributed by atoms with Crippen LogP contribution in [0.2, 0.25) is 0 Å². The van der Waals surface area contributed by atoms with E-state index in [2.05, 4.69) is 15.5 Å². The van der Waals surface area contributed by atoms with Gasteiger partial charge in [0.15, 0.2) is 5.16 Å². The van der Waals surface area contributed by atoms with Crippen LogP contribution in [-0.2, 0) is 11.8 Å². The third kappa shape index (κ3) is 4.70. The molecule has 2 rings (SSSR count). The van der Waals surface area contributed by atoms with Gasteiger partial charge in [-0.1, -0.05) is 23.5 Å². The van der Waals surface area contributed by atoms with E-state index < -0.39 is 5.76 Å². The van der Waals surface area contributed by atoms with Crippen LogP contribution in [-0.4, -0.2) is 31.7 Å². The zero-order valence-electron chi connectivity index (χ0n) is 11.9. The molecular weight excluding hydrogens is 330 g/mol. The molecule has 0 spiro atoms. The van der Waals surface area contributed by atoms with E-state index in [9.17, 15) is 13.6 Å². The van der Waals surface area contributed by atoms with Crippen molar-refractivity contribution in [3.63, 3.8) is 0 Å². The minimum atomic E-state index is -2.46. The van der Waals surface area contributed by atoms with Crippen molar-refractivity contribution in [2.45, 2.75) is 28.0 Å². The normalized spacial score (nSPS) is 12.4. The van der Waals surface area contributed by atoms with Crippen molar-refractivity contribution in [1.29, 1.82) is 0 Å². The van der Waals surface area contributed by atoms with Crippen LogP contribution >= 0.6 is 23.5 Å². The highest BCUT2D eigenvalue weighted by molar-refractivity contribution is 8.00. The van der Waals surface area contributed by atoms with Gasteiger partial charge in [-0.3, -0.25) is 4.79 Å². The number of thioether (sulfide) groups is 2. The molecule has 22 heavy (non-hydrogen) atoms. The first-order valence-electron chi connectivity index (χ1n) is 6.32. The Morgan fingerprint density at radius 3 is 2.50 bits per heavy atom. The zero-order valence-corrected chi connectivity index (χ0v) is 13.5. The van der Waals surface area contributed by atoms with Gasteiger partial charge < -0.3 is 9.88 Å². The Morgan fingerprint density at radius 2 is 1.95 bits per heavy atom. The molecule has 1 amide bonds. The molecule has 0 unspecified atom stereocenters. The Hall–Kier alpha value is -1.61. The maximum absolute atomic E-state index is 12.2. The van der Waals surface area contributed by atoms with Crippen molar-refractivity contribution in [1.82, 2.24) is 14.8 Å². The average molecular weight is 344 g/mol. The van der Waals surface area contributed by atoms with E-state index in [0.29, 0.717) is 27.5 Å². The van der Waals surface area contributed by atoms with Gasteiger partial charge in [0.2, 0.25) is 5.91 Å². The lowest BCUT2D eigenvalue weighted by molar-refractivity contribution is -0.115. The van der Waals surface area contributed by atoms with E-state index in [4.69, 9.17) is 0 Å². The van der Waals surface area contributed by atoms with E-state index in [1.54, 1.807) is 49.1 Å². The number of hydrogen-bond acceptors (Lipinski definition) is 5. The van der Waals surface area contributed by atoms with Gasteiger partial charge in [0.25, 0.3) is 5.76 Å². The molecule has 5 nitrogen and oxygen atoms in total. The number of anilines is 1. The van der Waals surface area contributed by atoms with E-state index >= 15 is 0 Å². The van der Waals surface area contributed by atoms with E-state index in [0.717, 1.165) is 0 Å². The van der Waals surface area contributed by atoms with Gasteiger partial charge in [0, 0.05) is 17.6 Å². The summed E-state index contributed by atoms with van der Waals surface area (Å²) in [6, 6.07) is 6.30. The molecule has 1 aromatic heterocycles. The molecule has 0 saturated heterocycles. The van der Waals surface area contributed by atoms with Crippen LogP contribution < -0.4 is 5.32 Å². The van der Waals surface area contributed by atoms with Crippen molar-refractivity contribution < 1.29 is 13.6 Å². The summed E-state index contributed by atoms with van der Waals surface area (Å²) in [5, 5.41) is 10.7. The average Bonchev–Trinajstić information content (AvgIpc) is 2.86. The Morgan fingerprint density at radius 1 is 1.27 bits per heavy atom. The fourth-order valence-corrected chi connectivity index (χ4v) is 2.84. The summed E-state index contributed by atoms with van der Waals surface area (Å²) in [6.45, 7) is 1.76. The molecule has 1 heterocycles. The Bertz CT molecular complexity index is 633. The molecule has 1 aromatic carbocycles. The quantitative estimate of drug-likeness (QED) is 0.815. The lowest BCUT2D eigenvalue weighted by Gasteiger charge is -2.11. The third-order valence-electron chi connectivity index (χ3n) is 2.67. The second-order valence-corrected chi connectivity index (χ2v) is 6.75. The summed E-state index contributed by atoms with van der Waals surface area (Å²) >= 11 is 1.76. The second kappa shape index (κ2) is 7.59. The largest absolute Gasteiger partial charge is 0.325 e. The fraction of sp³-hybridized carbons (Fsp3) is 0.308. The molecule has 1 N–H and O–H groups in total. The topological polar surface area (TPSA) is 59.8 Å². The molecule has 1 atom stereocenters. The lowest BCUT2D eigenvalue weighted by Crippen LogP contribution is -2.22. The summed E-state index contributed by atoms with van der Waals surface area (Å²) in [5.41, 5.74) is 0.564. The number of aryl methyl sites for hydroxylation is 1. The lowest BCUT2D eigenvalue weighted by atomic mass is 10.3. The standard InChI is InChI=1S/C13H14F2N4OS2/c1-8(21-13-18-16-7-19(13)2)11(20)17-9-3-5-10(6-4-9)22-12(14)15/h3-8,12H,1-2H3,(H,17,20)/t8-/m0/s1. The van der Waals surface area contributed by atoms with Crippen molar-refractivity contribution in [2.75, 3.05) is 5.32 Å². The molecule has 118 valence electrons. The first-order chi connectivity index (χ1) is 10.5. The molecule has 0 saturated carbocycles. The minimum absolute atomic E-state index is 0.192. The van der Waals surface area contributed by atoms with Gasteiger partial charge in [-0.05, 0) is 31.2 Å². The predicted molar refractivity (Wildman–Crippen MR) is 83.3 cm³/mol. The SMILES string of the molecule is C[C@H](Sc1nncn1C)C(=O)Nc1ccc(SC(F)F)cc1. The number of nitrogens with one attached hydrogen (secondary N) is 1. The van der Waals surface area contributed by atoms with Crippen LogP contribution in [0.4, 0.5) is 14.5 Å². The highest BCUT2D eigenvalue weighted by Gasteiger charge is 2.17. The Kier molecular flexibility index (Phi) is 5.78. The molecule has 0 bridgehead atoms. The molecular formula is C13H14F2N4OS2. The number of carbonyl (C=O) groups excluding carboxylic acids is 1. The molecule has 0 radical (unpaired) electrons. The molecule has 0 aliphatic carbocycles. The fourth-order valence-electron chi connectivity index (χ4n) is 1.55. The number of benzene rings is 1. The summed E-state index contributed by atoms with van der Waals surface area (Å²) in [7, 11) is 1.80. The highest BCUT2D eigenvalue weighted by Crippen LogP contribution is 2.26. The van der Waals surface area contributed by atoms with Crippen molar-refractivity contribution in [3.8, 4) is 0 Å². The number of nitrogens with zero attached hydrogens (tertiary/aromatic N) is 3. The summed E-state index contributed by atoms with van der Waals surface area (Å²) in [5.74, 6) is -2.65. The molecule has 0 aliphatic heterocycles.